The molecule has 1 amide bonds. The number of carbonyl (C=O) groups excluding carboxylic acids is 1. The number of rotatable bonds is 8. The molecule has 0 unspecified atom stereocenters. The fraction of sp³-hybridized carbons (Fsp3) is 0.211. The lowest BCUT2D eigenvalue weighted by molar-refractivity contribution is -0.116. The molecule has 0 radical (unpaired) electrons. The number of aromatic nitrogens is 2. The molecule has 7 heteroatoms. The van der Waals surface area contributed by atoms with Crippen LogP contribution < -0.4 is 10.2 Å². The smallest absolute Gasteiger partial charge is 0.237 e. The summed E-state index contributed by atoms with van der Waals surface area (Å²) in [7, 11) is 0. The summed E-state index contributed by atoms with van der Waals surface area (Å²) < 4.78 is 0.794. The summed E-state index contributed by atoms with van der Waals surface area (Å²) >= 11 is 2.89. The van der Waals surface area contributed by atoms with Crippen LogP contribution in [0.5, 0.6) is 0 Å². The van der Waals surface area contributed by atoms with Gasteiger partial charge in [-0.15, -0.1) is 10.2 Å². The highest BCUT2D eigenvalue weighted by molar-refractivity contribution is 8.01. The maximum absolute atomic E-state index is 12.9. The molecule has 26 heavy (non-hydrogen) atoms. The minimum Gasteiger partial charge on any atom is -0.360 e. The van der Waals surface area contributed by atoms with Crippen molar-refractivity contribution in [3.05, 3.63) is 66.2 Å². The summed E-state index contributed by atoms with van der Waals surface area (Å²) in [5.41, 5.74) is 1.99. The van der Waals surface area contributed by atoms with Crippen LogP contribution in [0.25, 0.3) is 0 Å². The first-order valence-electron chi connectivity index (χ1n) is 8.35. The quantitative estimate of drug-likeness (QED) is 0.587. The topological polar surface area (TPSA) is 58.1 Å². The van der Waals surface area contributed by atoms with Crippen molar-refractivity contribution in [2.45, 2.75) is 17.8 Å². The van der Waals surface area contributed by atoms with Crippen LogP contribution in [0.2, 0.25) is 0 Å². The minimum absolute atomic E-state index is 0.0465. The second kappa shape index (κ2) is 9.35. The van der Waals surface area contributed by atoms with Gasteiger partial charge < -0.3 is 10.2 Å². The van der Waals surface area contributed by atoms with Gasteiger partial charge in [-0.1, -0.05) is 71.6 Å². The molecule has 1 heterocycles. The molecule has 0 spiro atoms. The van der Waals surface area contributed by atoms with Gasteiger partial charge in [0.25, 0.3) is 0 Å². The highest BCUT2D eigenvalue weighted by Gasteiger charge is 2.17. The average molecular weight is 385 g/mol. The number of nitrogens with one attached hydrogen (secondary N) is 1. The molecule has 0 bridgehead atoms. The number of anilines is 2. The van der Waals surface area contributed by atoms with Crippen molar-refractivity contribution in [2.75, 3.05) is 22.5 Å². The van der Waals surface area contributed by atoms with Gasteiger partial charge in [0.15, 0.2) is 4.34 Å². The Morgan fingerprint density at radius 1 is 1.08 bits per heavy atom. The van der Waals surface area contributed by atoms with E-state index in [0.29, 0.717) is 12.3 Å². The normalized spacial score (nSPS) is 10.5. The molecule has 0 atom stereocenters. The van der Waals surface area contributed by atoms with Gasteiger partial charge in [0.2, 0.25) is 11.0 Å². The Hall–Kier alpha value is -2.38. The van der Waals surface area contributed by atoms with Gasteiger partial charge in [-0.05, 0) is 24.6 Å². The molecule has 134 valence electrons. The third-order valence-electron chi connectivity index (χ3n) is 3.61. The van der Waals surface area contributed by atoms with Crippen LogP contribution in [0.1, 0.15) is 12.5 Å². The molecule has 0 fully saturated rings. The highest BCUT2D eigenvalue weighted by Crippen LogP contribution is 2.26. The van der Waals surface area contributed by atoms with Crippen LogP contribution >= 0.6 is 23.1 Å². The van der Waals surface area contributed by atoms with Crippen molar-refractivity contribution in [2.24, 2.45) is 0 Å². The lowest BCUT2D eigenvalue weighted by Gasteiger charge is -2.22. The SMILES string of the molecule is CCNc1nnc(SCC(=O)N(Cc2ccccc2)c2ccccc2)s1. The molecule has 0 aliphatic heterocycles. The lowest BCUT2D eigenvalue weighted by atomic mass is 10.2. The van der Waals surface area contributed by atoms with E-state index < -0.39 is 0 Å². The van der Waals surface area contributed by atoms with Gasteiger partial charge in [0.05, 0.1) is 12.3 Å². The summed E-state index contributed by atoms with van der Waals surface area (Å²) in [6, 6.07) is 19.8. The number of hydrogen-bond donors (Lipinski definition) is 1. The fourth-order valence-electron chi connectivity index (χ4n) is 2.39. The molecule has 0 saturated carbocycles. The Balaban J connectivity index is 1.70. The van der Waals surface area contributed by atoms with Crippen molar-refractivity contribution in [1.82, 2.24) is 10.2 Å². The summed E-state index contributed by atoms with van der Waals surface area (Å²) in [4.78, 5) is 14.7. The number of amides is 1. The first-order valence-corrected chi connectivity index (χ1v) is 10.2. The molecule has 0 saturated heterocycles. The molecule has 3 rings (SSSR count). The van der Waals surface area contributed by atoms with Gasteiger partial charge in [-0.3, -0.25) is 4.79 Å². The monoisotopic (exact) mass is 384 g/mol. The van der Waals surface area contributed by atoms with Gasteiger partial charge in [0, 0.05) is 12.2 Å². The number of thioether (sulfide) groups is 1. The van der Waals surface area contributed by atoms with E-state index in [1.54, 1.807) is 0 Å². The Kier molecular flexibility index (Phi) is 6.62. The maximum Gasteiger partial charge on any atom is 0.237 e. The molecule has 5 nitrogen and oxygen atoms in total. The maximum atomic E-state index is 12.9. The average Bonchev–Trinajstić information content (AvgIpc) is 3.13. The van der Waals surface area contributed by atoms with Crippen molar-refractivity contribution < 1.29 is 4.79 Å². The number of carbonyl (C=O) groups is 1. The van der Waals surface area contributed by atoms with Crippen LogP contribution in [0.4, 0.5) is 10.8 Å². The number of benzene rings is 2. The molecule has 3 aromatic rings. The van der Waals surface area contributed by atoms with E-state index in [-0.39, 0.29) is 5.91 Å². The summed E-state index contributed by atoms with van der Waals surface area (Å²) in [6.07, 6.45) is 0. The molecule has 0 aliphatic rings. The zero-order valence-corrected chi connectivity index (χ0v) is 16.1. The van der Waals surface area contributed by atoms with Crippen LogP contribution in [-0.2, 0) is 11.3 Å². The summed E-state index contributed by atoms with van der Waals surface area (Å²) in [6.45, 7) is 3.36. The van der Waals surface area contributed by atoms with Gasteiger partial charge in [-0.2, -0.15) is 0 Å². The molecule has 0 aliphatic carbocycles. The number of nitrogens with zero attached hydrogens (tertiary/aromatic N) is 3. The van der Waals surface area contributed by atoms with E-state index in [2.05, 4.69) is 15.5 Å². The van der Waals surface area contributed by atoms with Crippen molar-refractivity contribution >= 4 is 39.8 Å². The fourth-order valence-corrected chi connectivity index (χ4v) is 4.09. The van der Waals surface area contributed by atoms with E-state index in [9.17, 15) is 4.79 Å². The Labute approximate surface area is 161 Å². The zero-order chi connectivity index (χ0) is 18.2. The van der Waals surface area contributed by atoms with E-state index in [4.69, 9.17) is 0 Å². The first-order chi connectivity index (χ1) is 12.8. The first kappa shape index (κ1) is 18.4. The summed E-state index contributed by atoms with van der Waals surface area (Å²) in [5, 5.41) is 12.1. The third-order valence-corrected chi connectivity index (χ3v) is 5.61. The third kappa shape index (κ3) is 5.06. The van der Waals surface area contributed by atoms with E-state index >= 15 is 0 Å². The summed E-state index contributed by atoms with van der Waals surface area (Å²) in [5.74, 6) is 0.368. The number of hydrogen-bond acceptors (Lipinski definition) is 6. The predicted molar refractivity (Wildman–Crippen MR) is 109 cm³/mol. The van der Waals surface area contributed by atoms with Crippen LogP contribution in [0, 0.1) is 0 Å². The van der Waals surface area contributed by atoms with Crippen molar-refractivity contribution in [1.29, 1.82) is 0 Å². The van der Waals surface area contributed by atoms with Crippen molar-refractivity contribution in [3.63, 3.8) is 0 Å². The van der Waals surface area contributed by atoms with Crippen LogP contribution in [0.3, 0.4) is 0 Å². The predicted octanol–water partition coefficient (Wildman–Crippen LogP) is 4.30. The molecular formula is C19H20N4OS2. The minimum atomic E-state index is 0.0465. The van der Waals surface area contributed by atoms with E-state index in [1.807, 2.05) is 72.5 Å². The largest absolute Gasteiger partial charge is 0.360 e. The van der Waals surface area contributed by atoms with Gasteiger partial charge >= 0.3 is 0 Å². The van der Waals surface area contributed by atoms with E-state index in [1.165, 1.54) is 23.1 Å². The van der Waals surface area contributed by atoms with E-state index in [0.717, 1.165) is 27.3 Å². The zero-order valence-electron chi connectivity index (χ0n) is 14.5. The second-order valence-electron chi connectivity index (χ2n) is 5.49. The lowest BCUT2D eigenvalue weighted by Crippen LogP contribution is -2.31. The van der Waals surface area contributed by atoms with Crippen molar-refractivity contribution in [3.8, 4) is 0 Å². The Morgan fingerprint density at radius 3 is 2.46 bits per heavy atom. The molecule has 1 aromatic heterocycles. The Bertz CT molecular complexity index is 824. The van der Waals surface area contributed by atoms with Gasteiger partial charge in [0.1, 0.15) is 0 Å². The number of para-hydroxylation sites is 1. The molecular weight excluding hydrogens is 364 g/mol. The van der Waals surface area contributed by atoms with Crippen LogP contribution in [0.15, 0.2) is 65.0 Å². The Morgan fingerprint density at radius 2 is 1.77 bits per heavy atom. The molecule has 2 aromatic carbocycles. The standard InChI is InChI=1S/C19H20N4OS2/c1-2-20-18-21-22-19(26-18)25-14-17(24)23(16-11-7-4-8-12-16)13-15-9-5-3-6-10-15/h3-12H,2,13-14H2,1H3,(H,20,21). The highest BCUT2D eigenvalue weighted by atomic mass is 32.2. The second-order valence-corrected chi connectivity index (χ2v) is 7.69. The molecule has 1 N–H and O–H groups in total. The van der Waals surface area contributed by atoms with Gasteiger partial charge in [-0.25, -0.2) is 0 Å². The van der Waals surface area contributed by atoms with Crippen LogP contribution in [-0.4, -0.2) is 28.4 Å².